The number of hydrogen-bond acceptors (Lipinski definition) is 14. The fraction of sp³-hybridized carbons (Fsp3) is 0.543. The maximum atomic E-state index is 10.3. The molecule has 2 saturated carbocycles. The minimum atomic E-state index is -1.10. The summed E-state index contributed by atoms with van der Waals surface area (Å²) in [6.45, 7) is 0.729. The first-order valence-corrected chi connectivity index (χ1v) is 17.6. The normalized spacial score (nSPS) is 29.7. The smallest absolute Gasteiger partial charge is 0.109 e. The second-order valence-corrected chi connectivity index (χ2v) is 13.8. The van der Waals surface area contributed by atoms with Crippen LogP contribution in [0.5, 0.6) is 0 Å². The standard InChI is InChI=1S/C35H50N10O6/c36-26-16-28(38)34(32(48)30(26)46)50-13-1-3-22-18-44(42-40-22)24-9-5-20(6-10-24)15-21-7-11-25(12-8-21)45-19-23(41-43-45)4-2-14-51-35-29(39)17-27(37)31(47)33(35)49/h5-12,18-19,26-35,46-49H,1-4,13-17,36-39H2/t26-,27-,28+,29+,30+,31+,32-,33-,34-,35-/m1/s1. The van der Waals surface area contributed by atoms with Crippen molar-refractivity contribution in [2.75, 3.05) is 13.2 Å². The summed E-state index contributed by atoms with van der Waals surface area (Å²) in [5.74, 6) is 0. The van der Waals surface area contributed by atoms with Gasteiger partial charge in [-0.2, -0.15) is 0 Å². The molecule has 0 spiro atoms. The van der Waals surface area contributed by atoms with Gasteiger partial charge in [0, 0.05) is 37.4 Å². The molecular formula is C35H50N10O6. The van der Waals surface area contributed by atoms with Gasteiger partial charge in [0.2, 0.25) is 0 Å². The van der Waals surface area contributed by atoms with Crippen molar-refractivity contribution in [2.45, 2.75) is 106 Å². The number of aliphatic hydroxyl groups is 4. The van der Waals surface area contributed by atoms with Gasteiger partial charge >= 0.3 is 0 Å². The van der Waals surface area contributed by atoms with Crippen LogP contribution in [-0.2, 0) is 28.7 Å². The zero-order chi connectivity index (χ0) is 36.1. The summed E-state index contributed by atoms with van der Waals surface area (Å²) in [5, 5.41) is 57.7. The van der Waals surface area contributed by atoms with Gasteiger partial charge in [0.15, 0.2) is 0 Å². The lowest BCUT2D eigenvalue weighted by Crippen LogP contribution is -2.62. The fourth-order valence-electron chi connectivity index (χ4n) is 6.81. The fourth-order valence-corrected chi connectivity index (χ4v) is 6.81. The molecule has 2 aliphatic carbocycles. The van der Waals surface area contributed by atoms with Crippen molar-refractivity contribution in [1.82, 2.24) is 30.0 Å². The van der Waals surface area contributed by atoms with Crippen molar-refractivity contribution in [2.24, 2.45) is 22.9 Å². The van der Waals surface area contributed by atoms with Gasteiger partial charge in [-0.15, -0.1) is 10.2 Å². The van der Waals surface area contributed by atoms with E-state index in [-0.39, 0.29) is 0 Å². The van der Waals surface area contributed by atoms with Crippen LogP contribution in [0.4, 0.5) is 0 Å². The molecule has 0 bridgehead atoms. The third-order valence-electron chi connectivity index (χ3n) is 9.85. The number of hydrogen-bond donors (Lipinski definition) is 8. The van der Waals surface area contributed by atoms with Crippen LogP contribution in [0.3, 0.4) is 0 Å². The largest absolute Gasteiger partial charge is 0.389 e. The highest BCUT2D eigenvalue weighted by Crippen LogP contribution is 2.23. The molecular weight excluding hydrogens is 656 g/mol. The summed E-state index contributed by atoms with van der Waals surface area (Å²) in [5.41, 5.74) is 29.6. The van der Waals surface area contributed by atoms with E-state index in [4.69, 9.17) is 32.4 Å². The second-order valence-electron chi connectivity index (χ2n) is 13.8. The molecule has 0 saturated heterocycles. The molecule has 0 aliphatic heterocycles. The van der Waals surface area contributed by atoms with Gasteiger partial charge in [0.25, 0.3) is 0 Å². The molecule has 0 unspecified atom stereocenters. The monoisotopic (exact) mass is 706 g/mol. The Morgan fingerprint density at radius 3 is 1.35 bits per heavy atom. The number of ether oxygens (including phenoxy) is 2. The minimum Gasteiger partial charge on any atom is -0.389 e. The third kappa shape index (κ3) is 9.04. The first kappa shape index (κ1) is 37.1. The number of nitrogens with zero attached hydrogens (tertiary/aromatic N) is 6. The van der Waals surface area contributed by atoms with Crippen LogP contribution in [0, 0.1) is 0 Å². The number of rotatable bonds is 14. The number of aromatic nitrogens is 6. The van der Waals surface area contributed by atoms with E-state index in [1.165, 1.54) is 0 Å². The average molecular weight is 707 g/mol. The Morgan fingerprint density at radius 1 is 0.569 bits per heavy atom. The van der Waals surface area contributed by atoms with Crippen LogP contribution in [0.1, 0.15) is 48.2 Å². The Hall–Kier alpha value is -3.68. The van der Waals surface area contributed by atoms with Crippen molar-refractivity contribution in [3.63, 3.8) is 0 Å². The quantitative estimate of drug-likeness (QED) is 0.0704. The van der Waals surface area contributed by atoms with E-state index in [0.717, 1.165) is 40.3 Å². The number of aliphatic hydroxyl groups excluding tert-OH is 4. The lowest BCUT2D eigenvalue weighted by molar-refractivity contribution is -0.127. The van der Waals surface area contributed by atoms with Crippen LogP contribution in [-0.4, -0.2) is 124 Å². The predicted octanol–water partition coefficient (Wildman–Crippen LogP) is -1.37. The Labute approximate surface area is 296 Å². The van der Waals surface area contributed by atoms with Gasteiger partial charge in [-0.25, -0.2) is 9.36 Å². The van der Waals surface area contributed by atoms with E-state index < -0.39 is 60.8 Å². The predicted molar refractivity (Wildman–Crippen MR) is 187 cm³/mol. The molecule has 0 amide bonds. The van der Waals surface area contributed by atoms with Gasteiger partial charge in [-0.3, -0.25) is 0 Å². The molecule has 2 aliphatic rings. The summed E-state index contributed by atoms with van der Waals surface area (Å²) in [7, 11) is 0. The van der Waals surface area contributed by atoms with Crippen LogP contribution in [0.15, 0.2) is 60.9 Å². The zero-order valence-corrected chi connectivity index (χ0v) is 28.5. The first-order valence-electron chi connectivity index (χ1n) is 17.6. The van der Waals surface area contributed by atoms with Gasteiger partial charge in [-0.05, 0) is 80.3 Å². The summed E-state index contributed by atoms with van der Waals surface area (Å²) in [6.07, 6.45) is 2.33. The number of benzene rings is 2. The molecule has 16 nitrogen and oxygen atoms in total. The molecule has 0 radical (unpaired) electrons. The van der Waals surface area contributed by atoms with Crippen molar-refractivity contribution < 1.29 is 29.9 Å². The minimum absolute atomic E-state index is 0.365. The highest BCUT2D eigenvalue weighted by atomic mass is 16.5. The Kier molecular flexibility index (Phi) is 12.2. The second kappa shape index (κ2) is 16.8. The van der Waals surface area contributed by atoms with Crippen molar-refractivity contribution in [3.05, 3.63) is 83.4 Å². The van der Waals surface area contributed by atoms with E-state index in [9.17, 15) is 20.4 Å². The molecule has 276 valence electrons. The molecule has 51 heavy (non-hydrogen) atoms. The highest BCUT2D eigenvalue weighted by Gasteiger charge is 2.42. The van der Waals surface area contributed by atoms with Crippen LogP contribution >= 0.6 is 0 Å². The molecule has 2 aromatic carbocycles. The van der Waals surface area contributed by atoms with Gasteiger partial charge in [0.1, 0.15) is 24.4 Å². The maximum absolute atomic E-state index is 10.3. The molecule has 12 N–H and O–H groups in total. The Bertz CT molecular complexity index is 1550. The highest BCUT2D eigenvalue weighted by molar-refractivity contribution is 5.39. The molecule has 10 atom stereocenters. The van der Waals surface area contributed by atoms with Crippen LogP contribution in [0.25, 0.3) is 11.4 Å². The molecule has 16 heteroatoms. The Morgan fingerprint density at radius 2 is 0.961 bits per heavy atom. The van der Waals surface area contributed by atoms with E-state index in [1.54, 1.807) is 9.36 Å². The number of aryl methyl sites for hydroxylation is 2. The SMILES string of the molecule is N[C@@H]1C[C@H](N)[C@@H](OCCCc2cn(-c3ccc(Cc4ccc(-n5cc(CCCO[C@H]6[C@H](O)[C@@H](O)[C@H](N)C[C@@H]6N)nn5)cc4)cc3)nn2)[C@H](O)[C@H]1O. The summed E-state index contributed by atoms with van der Waals surface area (Å²) in [6, 6.07) is 14.4. The zero-order valence-electron chi connectivity index (χ0n) is 28.5. The van der Waals surface area contributed by atoms with Gasteiger partial charge in [-0.1, -0.05) is 34.7 Å². The average Bonchev–Trinajstić information content (AvgIpc) is 3.80. The molecule has 2 heterocycles. The van der Waals surface area contributed by atoms with Crippen molar-refractivity contribution in [1.29, 1.82) is 0 Å². The van der Waals surface area contributed by atoms with Crippen molar-refractivity contribution >= 4 is 0 Å². The van der Waals surface area contributed by atoms with Crippen LogP contribution in [0.2, 0.25) is 0 Å². The Balaban J connectivity index is 0.928. The van der Waals surface area contributed by atoms with Crippen LogP contribution < -0.4 is 22.9 Å². The summed E-state index contributed by atoms with van der Waals surface area (Å²) >= 11 is 0. The van der Waals surface area contributed by atoms with Crippen molar-refractivity contribution in [3.8, 4) is 11.4 Å². The van der Waals surface area contributed by atoms with E-state index >= 15 is 0 Å². The molecule has 4 aromatic rings. The molecule has 2 fully saturated rings. The van der Waals surface area contributed by atoms with E-state index in [1.807, 2.05) is 36.7 Å². The van der Waals surface area contributed by atoms with Gasteiger partial charge < -0.3 is 52.8 Å². The van der Waals surface area contributed by atoms with Gasteiger partial charge in [0.05, 0.1) is 47.4 Å². The lowest BCUT2D eigenvalue weighted by Gasteiger charge is -2.39. The summed E-state index contributed by atoms with van der Waals surface area (Å²) < 4.78 is 15.1. The maximum Gasteiger partial charge on any atom is 0.109 e. The van der Waals surface area contributed by atoms with E-state index in [0.29, 0.717) is 51.7 Å². The number of nitrogens with two attached hydrogens (primary N) is 4. The first-order chi connectivity index (χ1) is 24.6. The third-order valence-corrected chi connectivity index (χ3v) is 9.85. The topological polar surface area (TPSA) is 265 Å². The molecule has 6 rings (SSSR count). The molecule has 2 aromatic heterocycles. The lowest BCUT2D eigenvalue weighted by atomic mass is 9.85. The van der Waals surface area contributed by atoms with E-state index in [2.05, 4.69) is 44.9 Å². The summed E-state index contributed by atoms with van der Waals surface area (Å²) in [4.78, 5) is 0.